The number of rotatable bonds is 4. The normalized spacial score (nSPS) is 14.3. The van der Waals surface area contributed by atoms with Crippen LogP contribution < -0.4 is 10.6 Å². The van der Waals surface area contributed by atoms with E-state index < -0.39 is 0 Å². The van der Waals surface area contributed by atoms with Crippen molar-refractivity contribution in [2.75, 3.05) is 11.9 Å². The number of carbonyl (C=O) groups is 1. The largest absolute Gasteiger partial charge is 0.356 e. The molecule has 1 aromatic heterocycles. The van der Waals surface area contributed by atoms with Gasteiger partial charge >= 0.3 is 0 Å². The first-order chi connectivity index (χ1) is 14.3. The van der Waals surface area contributed by atoms with Crippen LogP contribution in [0.25, 0.3) is 22.2 Å². The van der Waals surface area contributed by atoms with E-state index in [1.807, 2.05) is 26.0 Å². The number of nitrogens with one attached hydrogen (secondary N) is 2. The van der Waals surface area contributed by atoms with Crippen molar-refractivity contribution in [2.24, 2.45) is 0 Å². The second-order valence-corrected chi connectivity index (χ2v) is 8.85. The molecule has 2 heterocycles. The Morgan fingerprint density at radius 3 is 2.73 bits per heavy atom. The predicted molar refractivity (Wildman–Crippen MR) is 125 cm³/mol. The first-order valence-corrected chi connectivity index (χ1v) is 11.1. The van der Waals surface area contributed by atoms with Gasteiger partial charge in [-0.15, -0.1) is 0 Å². The number of imidazole rings is 1. The van der Waals surface area contributed by atoms with Crippen molar-refractivity contribution in [1.29, 1.82) is 0 Å². The van der Waals surface area contributed by atoms with Crippen LogP contribution in [-0.2, 0) is 11.3 Å². The molecule has 158 valence electrons. The molecular weight excluding hydrogens is 443 g/mol. The number of aromatic nitrogens is 2. The van der Waals surface area contributed by atoms with Crippen molar-refractivity contribution in [2.45, 2.75) is 46.2 Å². The Hall–Kier alpha value is -1.95. The van der Waals surface area contributed by atoms with Crippen LogP contribution >= 0.6 is 34.8 Å². The van der Waals surface area contributed by atoms with Gasteiger partial charge in [0.2, 0.25) is 11.9 Å². The van der Waals surface area contributed by atoms with Gasteiger partial charge in [-0.25, -0.2) is 4.98 Å². The summed E-state index contributed by atoms with van der Waals surface area (Å²) >= 11 is 19.7. The quantitative estimate of drug-likeness (QED) is 0.470. The van der Waals surface area contributed by atoms with Gasteiger partial charge in [-0.2, -0.15) is 0 Å². The SMILES string of the molecule is CCC(NC(C)=O)c1cc(-c2c(C)cc(Cl)cc2Cl)c(Cl)c2nc3n(c12)CCCN3. The molecule has 3 aromatic rings. The maximum Gasteiger partial charge on any atom is 0.217 e. The summed E-state index contributed by atoms with van der Waals surface area (Å²) in [4.78, 5) is 16.7. The molecule has 0 bridgehead atoms. The zero-order valence-electron chi connectivity index (χ0n) is 17.1. The lowest BCUT2D eigenvalue weighted by atomic mass is 9.94. The van der Waals surface area contributed by atoms with Crippen molar-refractivity contribution in [1.82, 2.24) is 14.9 Å². The Morgan fingerprint density at radius 1 is 1.30 bits per heavy atom. The Bertz CT molecular complexity index is 1130. The van der Waals surface area contributed by atoms with Gasteiger partial charge in [-0.05, 0) is 43.5 Å². The number of anilines is 1. The molecule has 1 amide bonds. The molecule has 2 aromatic carbocycles. The van der Waals surface area contributed by atoms with Crippen molar-refractivity contribution in [3.63, 3.8) is 0 Å². The molecule has 0 radical (unpaired) electrons. The number of hydrogen-bond acceptors (Lipinski definition) is 3. The minimum atomic E-state index is -0.171. The molecule has 0 fully saturated rings. The number of hydrogen-bond donors (Lipinski definition) is 2. The van der Waals surface area contributed by atoms with Crippen molar-refractivity contribution in [3.05, 3.63) is 44.4 Å². The van der Waals surface area contributed by atoms with Gasteiger partial charge in [-0.3, -0.25) is 4.79 Å². The Morgan fingerprint density at radius 2 is 2.07 bits per heavy atom. The maximum absolute atomic E-state index is 11.9. The van der Waals surface area contributed by atoms with Gasteiger partial charge in [0.05, 0.1) is 21.6 Å². The average molecular weight is 466 g/mol. The summed E-state index contributed by atoms with van der Waals surface area (Å²) in [5.41, 5.74) is 5.19. The van der Waals surface area contributed by atoms with Gasteiger partial charge in [0.25, 0.3) is 0 Å². The van der Waals surface area contributed by atoms with Crippen LogP contribution in [0.1, 0.15) is 43.9 Å². The van der Waals surface area contributed by atoms with Gasteiger partial charge in [0.15, 0.2) is 0 Å². The summed E-state index contributed by atoms with van der Waals surface area (Å²) in [5, 5.41) is 8.08. The highest BCUT2D eigenvalue weighted by molar-refractivity contribution is 6.40. The number of nitrogens with zero attached hydrogens (tertiary/aromatic N) is 2. The first-order valence-electron chi connectivity index (χ1n) is 10.0. The van der Waals surface area contributed by atoms with Crippen LogP contribution in [0.3, 0.4) is 0 Å². The topological polar surface area (TPSA) is 59.0 Å². The molecule has 8 heteroatoms. The lowest BCUT2D eigenvalue weighted by molar-refractivity contribution is -0.119. The second-order valence-electron chi connectivity index (χ2n) is 7.63. The minimum Gasteiger partial charge on any atom is -0.356 e. The highest BCUT2D eigenvalue weighted by Crippen LogP contribution is 2.44. The van der Waals surface area contributed by atoms with E-state index in [1.165, 1.54) is 6.92 Å². The fraction of sp³-hybridized carbons (Fsp3) is 0.364. The van der Waals surface area contributed by atoms with E-state index in [4.69, 9.17) is 39.8 Å². The van der Waals surface area contributed by atoms with Crippen LogP contribution in [0.15, 0.2) is 18.2 Å². The third-order valence-corrected chi connectivity index (χ3v) is 6.41. The third-order valence-electron chi connectivity index (χ3n) is 5.51. The smallest absolute Gasteiger partial charge is 0.217 e. The molecule has 1 atom stereocenters. The lowest BCUT2D eigenvalue weighted by Crippen LogP contribution is -2.26. The summed E-state index contributed by atoms with van der Waals surface area (Å²) < 4.78 is 2.16. The molecule has 0 saturated carbocycles. The minimum absolute atomic E-state index is 0.0799. The zero-order chi connectivity index (χ0) is 21.6. The molecular formula is C22H23Cl3N4O. The molecule has 30 heavy (non-hydrogen) atoms. The fourth-order valence-corrected chi connectivity index (χ4v) is 5.22. The molecule has 0 saturated heterocycles. The van der Waals surface area contributed by atoms with Crippen LogP contribution in [0, 0.1) is 6.92 Å². The molecule has 2 N–H and O–H groups in total. The molecule has 1 aliphatic heterocycles. The standard InChI is InChI=1S/C22H23Cl3N4O/c1-4-17(27-12(3)30)14-10-15(18-11(2)8-13(23)9-16(18)24)19(25)20-21(14)29-7-5-6-26-22(29)28-20/h8-10,17H,4-7H2,1-3H3,(H,26,28)(H,27,30). The summed E-state index contributed by atoms with van der Waals surface area (Å²) in [7, 11) is 0. The van der Waals surface area contributed by atoms with E-state index in [1.54, 1.807) is 6.07 Å². The number of benzene rings is 2. The second kappa shape index (κ2) is 8.29. The highest BCUT2D eigenvalue weighted by atomic mass is 35.5. The van der Waals surface area contributed by atoms with Crippen LogP contribution in [0.5, 0.6) is 0 Å². The Balaban J connectivity index is 2.06. The molecule has 0 spiro atoms. The molecule has 5 nitrogen and oxygen atoms in total. The summed E-state index contributed by atoms with van der Waals surface area (Å²) in [5.74, 6) is 0.719. The van der Waals surface area contributed by atoms with E-state index in [0.29, 0.717) is 20.6 Å². The van der Waals surface area contributed by atoms with E-state index in [-0.39, 0.29) is 11.9 Å². The Kier molecular flexibility index (Phi) is 5.88. The average Bonchev–Trinajstić information content (AvgIpc) is 3.07. The predicted octanol–water partition coefficient (Wildman–Crippen LogP) is 6.37. The van der Waals surface area contributed by atoms with E-state index in [0.717, 1.165) is 59.7 Å². The number of carbonyl (C=O) groups excluding carboxylic acids is 1. The molecule has 4 rings (SSSR count). The highest BCUT2D eigenvalue weighted by Gasteiger charge is 2.26. The van der Waals surface area contributed by atoms with Crippen LogP contribution in [0.4, 0.5) is 5.95 Å². The third kappa shape index (κ3) is 3.64. The van der Waals surface area contributed by atoms with Gasteiger partial charge in [-0.1, -0.05) is 41.7 Å². The van der Waals surface area contributed by atoms with Crippen LogP contribution in [-0.4, -0.2) is 22.0 Å². The van der Waals surface area contributed by atoms with E-state index in [2.05, 4.69) is 15.2 Å². The van der Waals surface area contributed by atoms with Crippen molar-refractivity contribution < 1.29 is 4.79 Å². The van der Waals surface area contributed by atoms with Crippen molar-refractivity contribution in [3.8, 4) is 11.1 Å². The van der Waals surface area contributed by atoms with E-state index >= 15 is 0 Å². The number of aryl methyl sites for hydroxylation is 2. The zero-order valence-corrected chi connectivity index (χ0v) is 19.3. The lowest BCUT2D eigenvalue weighted by Gasteiger charge is -2.23. The number of amides is 1. The first kappa shape index (κ1) is 21.3. The molecule has 1 aliphatic rings. The fourth-order valence-electron chi connectivity index (χ4n) is 4.24. The van der Waals surface area contributed by atoms with E-state index in [9.17, 15) is 4.79 Å². The Labute approximate surface area is 190 Å². The number of halogens is 3. The maximum atomic E-state index is 11.9. The van der Waals surface area contributed by atoms with Crippen LogP contribution in [0.2, 0.25) is 15.1 Å². The molecule has 1 unspecified atom stereocenters. The van der Waals surface area contributed by atoms with Gasteiger partial charge in [0, 0.05) is 41.7 Å². The summed E-state index contributed by atoms with van der Waals surface area (Å²) in [6, 6.07) is 5.46. The summed E-state index contributed by atoms with van der Waals surface area (Å²) in [6.45, 7) is 7.25. The number of fused-ring (bicyclic) bond motifs is 3. The molecule has 0 aliphatic carbocycles. The summed E-state index contributed by atoms with van der Waals surface area (Å²) in [6.07, 6.45) is 1.73. The monoisotopic (exact) mass is 464 g/mol. The van der Waals surface area contributed by atoms with Gasteiger partial charge < -0.3 is 15.2 Å². The van der Waals surface area contributed by atoms with Crippen molar-refractivity contribution >= 4 is 57.7 Å². The van der Waals surface area contributed by atoms with Gasteiger partial charge in [0.1, 0.15) is 5.52 Å².